The number of nitrogens with zero attached hydrogens (tertiary/aromatic N) is 1. The van der Waals surface area contributed by atoms with Crippen LogP contribution in [0.5, 0.6) is 5.75 Å². The van der Waals surface area contributed by atoms with Crippen LogP contribution in [0.4, 0.5) is 13.2 Å². The van der Waals surface area contributed by atoms with Crippen LogP contribution >= 0.6 is 7.82 Å². The minimum absolute atomic E-state index is 0.0330. The zero-order valence-electron chi connectivity index (χ0n) is 19.1. The summed E-state index contributed by atoms with van der Waals surface area (Å²) in [5, 5.41) is 4.03. The molecule has 12 heteroatoms. The van der Waals surface area contributed by atoms with E-state index in [0.29, 0.717) is 18.6 Å². The first-order valence-electron chi connectivity index (χ1n) is 10.9. The van der Waals surface area contributed by atoms with Crippen molar-refractivity contribution in [2.24, 2.45) is 10.9 Å². The number of nitrogens with two attached hydrogens (primary N) is 1. The Labute approximate surface area is 201 Å². The molecule has 35 heavy (non-hydrogen) atoms. The van der Waals surface area contributed by atoms with Crippen molar-refractivity contribution in [1.82, 2.24) is 0 Å². The van der Waals surface area contributed by atoms with Crippen LogP contribution in [0.15, 0.2) is 53.7 Å². The fourth-order valence-electron chi connectivity index (χ4n) is 3.94. The van der Waals surface area contributed by atoms with Gasteiger partial charge in [-0.2, -0.15) is 13.2 Å². The topological polar surface area (TPSA) is 124 Å². The van der Waals surface area contributed by atoms with Crippen molar-refractivity contribution in [2.75, 3.05) is 19.8 Å². The van der Waals surface area contributed by atoms with Crippen LogP contribution in [-0.4, -0.2) is 40.9 Å². The lowest BCUT2D eigenvalue weighted by Crippen LogP contribution is -2.41. The summed E-state index contributed by atoms with van der Waals surface area (Å²) >= 11 is 0. The molecule has 0 spiro atoms. The largest absolute Gasteiger partial charge is 0.490 e. The Kier molecular flexibility index (Phi) is 8.61. The van der Waals surface area contributed by atoms with Gasteiger partial charge < -0.3 is 25.1 Å². The van der Waals surface area contributed by atoms with Gasteiger partial charge in [-0.25, -0.2) is 4.57 Å². The average Bonchev–Trinajstić information content (AvgIpc) is 3.19. The molecule has 0 unspecified atom stereocenters. The van der Waals surface area contributed by atoms with E-state index >= 15 is 0 Å². The quantitative estimate of drug-likeness (QED) is 0.183. The van der Waals surface area contributed by atoms with Crippen LogP contribution in [0.3, 0.4) is 0 Å². The van der Waals surface area contributed by atoms with E-state index in [1.165, 1.54) is 12.1 Å². The number of phosphoric acid groups is 1. The van der Waals surface area contributed by atoms with Gasteiger partial charge in [0.1, 0.15) is 12.4 Å². The van der Waals surface area contributed by atoms with Crippen molar-refractivity contribution in [3.63, 3.8) is 0 Å². The zero-order chi connectivity index (χ0) is 25.7. The maximum Gasteiger partial charge on any atom is 0.469 e. The average molecular weight is 516 g/mol. The third-order valence-electron chi connectivity index (χ3n) is 5.77. The highest BCUT2D eigenvalue weighted by atomic mass is 31.2. The molecule has 0 aliphatic heterocycles. The molecule has 0 heterocycles. The van der Waals surface area contributed by atoms with Gasteiger partial charge in [-0.05, 0) is 61.4 Å². The Hall–Kier alpha value is -2.43. The summed E-state index contributed by atoms with van der Waals surface area (Å²) in [6, 6.07) is 12.3. The number of benzene rings is 2. The Morgan fingerprint density at radius 3 is 2.57 bits per heavy atom. The fraction of sp³-hybridized carbons (Fsp3) is 0.435. The third kappa shape index (κ3) is 8.33. The Bertz CT molecular complexity index is 1070. The molecule has 2 atom stereocenters. The van der Waals surface area contributed by atoms with E-state index in [-0.39, 0.29) is 31.5 Å². The predicted molar refractivity (Wildman–Crippen MR) is 123 cm³/mol. The van der Waals surface area contributed by atoms with Crippen LogP contribution in [-0.2, 0) is 20.1 Å². The van der Waals surface area contributed by atoms with Crippen LogP contribution < -0.4 is 10.5 Å². The van der Waals surface area contributed by atoms with Gasteiger partial charge in [-0.15, -0.1) is 0 Å². The molecule has 0 aromatic heterocycles. The monoisotopic (exact) mass is 516 g/mol. The molecular formula is C23H28F3N2O6P. The Morgan fingerprint density at radius 2 is 1.91 bits per heavy atom. The summed E-state index contributed by atoms with van der Waals surface area (Å²) < 4.78 is 59.1. The number of ether oxygens (including phenoxy) is 1. The van der Waals surface area contributed by atoms with Crippen molar-refractivity contribution >= 4 is 13.5 Å². The molecule has 0 amide bonds. The number of alkyl halides is 3. The zero-order valence-corrected chi connectivity index (χ0v) is 20.0. The summed E-state index contributed by atoms with van der Waals surface area (Å²) in [6.07, 6.45) is -2.51. The molecule has 1 saturated carbocycles. The molecular weight excluding hydrogens is 488 g/mol. The van der Waals surface area contributed by atoms with Gasteiger partial charge in [0, 0.05) is 5.54 Å². The molecule has 1 fully saturated rings. The molecule has 0 bridgehead atoms. The molecule has 4 N–H and O–H groups in total. The van der Waals surface area contributed by atoms with Crippen molar-refractivity contribution in [3.8, 4) is 5.75 Å². The molecule has 0 radical (unpaired) electrons. The van der Waals surface area contributed by atoms with Crippen molar-refractivity contribution in [1.29, 1.82) is 0 Å². The van der Waals surface area contributed by atoms with Crippen molar-refractivity contribution in [3.05, 3.63) is 65.2 Å². The summed E-state index contributed by atoms with van der Waals surface area (Å²) in [6.45, 7) is 1.66. The van der Waals surface area contributed by atoms with Crippen LogP contribution in [0.2, 0.25) is 0 Å². The van der Waals surface area contributed by atoms with Crippen LogP contribution in [0.1, 0.15) is 48.8 Å². The molecule has 192 valence electrons. The van der Waals surface area contributed by atoms with E-state index in [2.05, 4.69) is 9.68 Å². The number of phosphoric ester groups is 1. The van der Waals surface area contributed by atoms with Gasteiger partial charge in [-0.3, -0.25) is 4.52 Å². The van der Waals surface area contributed by atoms with E-state index in [0.717, 1.165) is 29.7 Å². The first-order valence-corrected chi connectivity index (χ1v) is 12.4. The number of halogens is 3. The summed E-state index contributed by atoms with van der Waals surface area (Å²) in [5.74, 6) is 0.248. The number of hydrogen-bond donors (Lipinski definition) is 3. The van der Waals surface area contributed by atoms with E-state index in [9.17, 15) is 17.7 Å². The number of hydrogen-bond acceptors (Lipinski definition) is 6. The first kappa shape index (κ1) is 27.2. The SMILES string of the molecule is CC(=NOCCOc1cccc(C(F)(F)F)c1)c1ccc([C@@H]2CC[C@](N)(COP(=O)(O)O)C2)cc1. The van der Waals surface area contributed by atoms with Crippen molar-refractivity contribution < 1.29 is 41.6 Å². The highest BCUT2D eigenvalue weighted by Gasteiger charge is 2.38. The third-order valence-corrected chi connectivity index (χ3v) is 6.24. The molecule has 2 aromatic carbocycles. The summed E-state index contributed by atoms with van der Waals surface area (Å²) in [5.41, 5.74) is 7.18. The van der Waals surface area contributed by atoms with Gasteiger partial charge in [0.05, 0.1) is 17.9 Å². The highest BCUT2D eigenvalue weighted by molar-refractivity contribution is 7.46. The number of oxime groups is 1. The van der Waals surface area contributed by atoms with Crippen LogP contribution in [0, 0.1) is 0 Å². The lowest BCUT2D eigenvalue weighted by molar-refractivity contribution is -0.137. The minimum Gasteiger partial charge on any atom is -0.490 e. The molecule has 1 aliphatic carbocycles. The minimum atomic E-state index is -4.56. The van der Waals surface area contributed by atoms with Gasteiger partial charge >= 0.3 is 14.0 Å². The van der Waals surface area contributed by atoms with E-state index in [4.69, 9.17) is 25.1 Å². The maximum absolute atomic E-state index is 12.7. The summed E-state index contributed by atoms with van der Waals surface area (Å²) in [7, 11) is -4.56. The highest BCUT2D eigenvalue weighted by Crippen LogP contribution is 2.43. The fourth-order valence-corrected chi connectivity index (χ4v) is 4.36. The van der Waals surface area contributed by atoms with Crippen molar-refractivity contribution in [2.45, 2.75) is 43.8 Å². The van der Waals surface area contributed by atoms with Gasteiger partial charge in [0.25, 0.3) is 0 Å². The summed E-state index contributed by atoms with van der Waals surface area (Å²) in [4.78, 5) is 23.0. The first-order chi connectivity index (χ1) is 16.3. The molecule has 0 saturated heterocycles. The van der Waals surface area contributed by atoms with E-state index < -0.39 is 25.1 Å². The molecule has 3 rings (SSSR count). The van der Waals surface area contributed by atoms with Gasteiger partial charge in [0.15, 0.2) is 6.61 Å². The maximum atomic E-state index is 12.7. The molecule has 8 nitrogen and oxygen atoms in total. The lowest BCUT2D eigenvalue weighted by atomic mass is 9.93. The van der Waals surface area contributed by atoms with Gasteiger partial charge in [0.2, 0.25) is 0 Å². The van der Waals surface area contributed by atoms with Gasteiger partial charge in [-0.1, -0.05) is 35.5 Å². The second kappa shape index (κ2) is 11.1. The van der Waals surface area contributed by atoms with E-state index in [1.807, 2.05) is 24.3 Å². The number of rotatable bonds is 10. The Morgan fingerprint density at radius 1 is 1.20 bits per heavy atom. The Balaban J connectivity index is 1.46. The predicted octanol–water partition coefficient (Wildman–Crippen LogP) is 4.60. The normalized spacial score (nSPS) is 21.2. The standard InChI is InChI=1S/C23H28F3N2O6P/c1-16(28-33-12-11-32-21-4-2-3-20(13-21)23(24,25)26)17-5-7-18(8-6-17)19-9-10-22(27,14-19)15-34-35(29,30)31/h2-8,13,19H,9-12,14-15,27H2,1H3,(H2,29,30,31)/t19-,22-/m1/s1. The smallest absolute Gasteiger partial charge is 0.469 e. The molecule has 1 aliphatic rings. The second-order valence-corrected chi connectivity index (χ2v) is 9.81. The lowest BCUT2D eigenvalue weighted by Gasteiger charge is -2.24. The van der Waals surface area contributed by atoms with E-state index in [1.54, 1.807) is 6.92 Å². The van der Waals surface area contributed by atoms with Crippen LogP contribution in [0.25, 0.3) is 0 Å². The second-order valence-electron chi connectivity index (χ2n) is 8.57. The molecule has 2 aromatic rings.